The second-order valence-corrected chi connectivity index (χ2v) is 3.00. The van der Waals surface area contributed by atoms with Gasteiger partial charge in [-0.2, -0.15) is 0 Å². The van der Waals surface area contributed by atoms with Gasteiger partial charge in [0.05, 0.1) is 0 Å². The van der Waals surface area contributed by atoms with E-state index in [-0.39, 0.29) is 5.82 Å². The molecular formula is C12H15F. The van der Waals surface area contributed by atoms with Gasteiger partial charge in [0.25, 0.3) is 0 Å². The van der Waals surface area contributed by atoms with Crippen LogP contribution in [0, 0.1) is 5.82 Å². The SMILES string of the molecule is CC/C=C(\CC)c1cccc(F)c1. The van der Waals surface area contributed by atoms with Crippen LogP contribution in [0.25, 0.3) is 5.57 Å². The van der Waals surface area contributed by atoms with E-state index in [1.54, 1.807) is 12.1 Å². The number of benzene rings is 1. The lowest BCUT2D eigenvalue weighted by atomic mass is 10.0. The molecule has 0 amide bonds. The highest BCUT2D eigenvalue weighted by Gasteiger charge is 1.98. The van der Waals surface area contributed by atoms with Crippen LogP contribution in [0.5, 0.6) is 0 Å². The quantitative estimate of drug-likeness (QED) is 0.655. The summed E-state index contributed by atoms with van der Waals surface area (Å²) in [6.07, 6.45) is 4.10. The maximum absolute atomic E-state index is 12.9. The predicted molar refractivity (Wildman–Crippen MR) is 55.0 cm³/mol. The van der Waals surface area contributed by atoms with E-state index in [0.717, 1.165) is 18.4 Å². The van der Waals surface area contributed by atoms with Gasteiger partial charge in [0, 0.05) is 0 Å². The fraction of sp³-hybridized carbons (Fsp3) is 0.333. The molecule has 0 aliphatic rings. The van der Waals surface area contributed by atoms with E-state index in [1.807, 2.05) is 6.07 Å². The van der Waals surface area contributed by atoms with Crippen molar-refractivity contribution in [2.75, 3.05) is 0 Å². The summed E-state index contributed by atoms with van der Waals surface area (Å²) in [5, 5.41) is 0. The van der Waals surface area contributed by atoms with Gasteiger partial charge in [0.2, 0.25) is 0 Å². The number of allylic oxidation sites excluding steroid dienone is 2. The lowest BCUT2D eigenvalue weighted by Gasteiger charge is -2.04. The van der Waals surface area contributed by atoms with E-state index in [2.05, 4.69) is 19.9 Å². The molecule has 70 valence electrons. The molecule has 0 fully saturated rings. The summed E-state index contributed by atoms with van der Waals surface area (Å²) in [4.78, 5) is 0. The largest absolute Gasteiger partial charge is 0.207 e. The molecule has 0 saturated carbocycles. The molecule has 1 aromatic carbocycles. The van der Waals surface area contributed by atoms with Gasteiger partial charge in [-0.15, -0.1) is 0 Å². The lowest BCUT2D eigenvalue weighted by Crippen LogP contribution is -1.84. The van der Waals surface area contributed by atoms with Crippen LogP contribution in [0.15, 0.2) is 30.3 Å². The van der Waals surface area contributed by atoms with Crippen molar-refractivity contribution in [3.63, 3.8) is 0 Å². The highest BCUT2D eigenvalue weighted by Crippen LogP contribution is 2.19. The van der Waals surface area contributed by atoms with Gasteiger partial charge in [-0.05, 0) is 36.1 Å². The molecule has 0 aliphatic carbocycles. The van der Waals surface area contributed by atoms with Crippen LogP contribution in [0.3, 0.4) is 0 Å². The summed E-state index contributed by atoms with van der Waals surface area (Å²) in [7, 11) is 0. The molecule has 0 aromatic heterocycles. The smallest absolute Gasteiger partial charge is 0.123 e. The molecule has 1 heteroatoms. The van der Waals surface area contributed by atoms with Gasteiger partial charge >= 0.3 is 0 Å². The molecule has 1 rings (SSSR count). The molecule has 0 spiro atoms. The van der Waals surface area contributed by atoms with E-state index in [0.29, 0.717) is 0 Å². The Morgan fingerprint density at radius 3 is 2.69 bits per heavy atom. The zero-order valence-corrected chi connectivity index (χ0v) is 8.18. The van der Waals surface area contributed by atoms with Crippen LogP contribution in [0.1, 0.15) is 32.3 Å². The number of halogens is 1. The van der Waals surface area contributed by atoms with Crippen molar-refractivity contribution in [1.29, 1.82) is 0 Å². The Bertz CT molecular complexity index is 300. The third-order valence-electron chi connectivity index (χ3n) is 2.03. The fourth-order valence-corrected chi connectivity index (χ4v) is 1.40. The van der Waals surface area contributed by atoms with Gasteiger partial charge in [-0.3, -0.25) is 0 Å². The monoisotopic (exact) mass is 178 g/mol. The Morgan fingerprint density at radius 2 is 2.15 bits per heavy atom. The van der Waals surface area contributed by atoms with E-state index in [1.165, 1.54) is 11.6 Å². The number of hydrogen-bond donors (Lipinski definition) is 0. The van der Waals surface area contributed by atoms with Crippen molar-refractivity contribution >= 4 is 5.57 Å². The molecule has 0 aliphatic heterocycles. The van der Waals surface area contributed by atoms with Crippen LogP contribution >= 0.6 is 0 Å². The maximum atomic E-state index is 12.9. The normalized spacial score (nSPS) is 11.8. The van der Waals surface area contributed by atoms with E-state index in [4.69, 9.17) is 0 Å². The van der Waals surface area contributed by atoms with Crippen molar-refractivity contribution in [1.82, 2.24) is 0 Å². The van der Waals surface area contributed by atoms with Crippen molar-refractivity contribution in [2.24, 2.45) is 0 Å². The van der Waals surface area contributed by atoms with Crippen molar-refractivity contribution in [3.8, 4) is 0 Å². The second-order valence-electron chi connectivity index (χ2n) is 3.00. The minimum absolute atomic E-state index is 0.159. The summed E-state index contributed by atoms with van der Waals surface area (Å²) in [5.41, 5.74) is 2.23. The molecule has 0 nitrogen and oxygen atoms in total. The van der Waals surface area contributed by atoms with E-state index in [9.17, 15) is 4.39 Å². The Kier molecular flexibility index (Phi) is 3.69. The Balaban J connectivity index is 2.98. The first kappa shape index (κ1) is 9.97. The number of hydrogen-bond acceptors (Lipinski definition) is 0. The Morgan fingerprint density at radius 1 is 1.38 bits per heavy atom. The molecule has 0 N–H and O–H groups in total. The third-order valence-corrected chi connectivity index (χ3v) is 2.03. The first-order chi connectivity index (χ1) is 6.27. The summed E-state index contributed by atoms with van der Waals surface area (Å²) in [5.74, 6) is -0.159. The topological polar surface area (TPSA) is 0 Å². The lowest BCUT2D eigenvalue weighted by molar-refractivity contribution is 0.627. The zero-order valence-electron chi connectivity index (χ0n) is 8.18. The molecule has 0 bridgehead atoms. The maximum Gasteiger partial charge on any atom is 0.123 e. The van der Waals surface area contributed by atoms with Crippen LogP contribution in [0.4, 0.5) is 4.39 Å². The van der Waals surface area contributed by atoms with Gasteiger partial charge in [-0.1, -0.05) is 32.1 Å². The average Bonchev–Trinajstić information content (AvgIpc) is 2.14. The molecule has 0 saturated heterocycles. The first-order valence-corrected chi connectivity index (χ1v) is 4.73. The van der Waals surface area contributed by atoms with E-state index < -0.39 is 0 Å². The van der Waals surface area contributed by atoms with Crippen LogP contribution in [-0.2, 0) is 0 Å². The molecule has 13 heavy (non-hydrogen) atoms. The predicted octanol–water partition coefficient (Wildman–Crippen LogP) is 4.03. The molecule has 0 radical (unpaired) electrons. The standard InChI is InChI=1S/C12H15F/c1-3-6-10(4-2)11-7-5-8-12(13)9-11/h5-9H,3-4H2,1-2H3/b10-6+. The Hall–Kier alpha value is -1.11. The molecule has 0 unspecified atom stereocenters. The second kappa shape index (κ2) is 4.80. The van der Waals surface area contributed by atoms with Gasteiger partial charge in [0.15, 0.2) is 0 Å². The summed E-state index contributed by atoms with van der Waals surface area (Å²) in [6, 6.07) is 6.77. The van der Waals surface area contributed by atoms with Crippen LogP contribution < -0.4 is 0 Å². The van der Waals surface area contributed by atoms with Crippen molar-refractivity contribution in [2.45, 2.75) is 26.7 Å². The van der Waals surface area contributed by atoms with Gasteiger partial charge in [0.1, 0.15) is 5.82 Å². The minimum atomic E-state index is -0.159. The van der Waals surface area contributed by atoms with Crippen molar-refractivity contribution < 1.29 is 4.39 Å². The molecular weight excluding hydrogens is 163 g/mol. The van der Waals surface area contributed by atoms with Crippen LogP contribution in [0.2, 0.25) is 0 Å². The van der Waals surface area contributed by atoms with E-state index >= 15 is 0 Å². The summed E-state index contributed by atoms with van der Waals surface area (Å²) in [6.45, 7) is 4.18. The third kappa shape index (κ3) is 2.69. The Labute approximate surface area is 79.1 Å². The first-order valence-electron chi connectivity index (χ1n) is 4.73. The molecule has 0 atom stereocenters. The zero-order chi connectivity index (χ0) is 9.68. The van der Waals surface area contributed by atoms with Crippen LogP contribution in [-0.4, -0.2) is 0 Å². The minimum Gasteiger partial charge on any atom is -0.207 e. The highest BCUT2D eigenvalue weighted by molar-refractivity contribution is 5.65. The summed E-state index contributed by atoms with van der Waals surface area (Å²) < 4.78 is 12.9. The number of rotatable bonds is 3. The molecule has 1 aromatic rings. The highest BCUT2D eigenvalue weighted by atomic mass is 19.1. The van der Waals surface area contributed by atoms with Gasteiger partial charge < -0.3 is 0 Å². The van der Waals surface area contributed by atoms with Crippen molar-refractivity contribution in [3.05, 3.63) is 41.7 Å². The molecule has 0 heterocycles. The summed E-state index contributed by atoms with van der Waals surface area (Å²) >= 11 is 0. The van der Waals surface area contributed by atoms with Gasteiger partial charge in [-0.25, -0.2) is 4.39 Å². The fourth-order valence-electron chi connectivity index (χ4n) is 1.40. The average molecular weight is 178 g/mol.